The zero-order valence-electron chi connectivity index (χ0n) is 18.3. The van der Waals surface area contributed by atoms with Crippen molar-refractivity contribution in [1.29, 1.82) is 0 Å². The van der Waals surface area contributed by atoms with Gasteiger partial charge >= 0.3 is 0 Å². The summed E-state index contributed by atoms with van der Waals surface area (Å²) in [6.45, 7) is 0. The Hall–Kier alpha value is -2.50. The van der Waals surface area contributed by atoms with Crippen molar-refractivity contribution in [2.45, 2.75) is 39.2 Å². The van der Waals surface area contributed by atoms with Crippen molar-refractivity contribution >= 4 is 47.0 Å². The van der Waals surface area contributed by atoms with E-state index in [2.05, 4.69) is 133 Å². The van der Waals surface area contributed by atoms with Gasteiger partial charge in [0.1, 0.15) is 0 Å². The van der Waals surface area contributed by atoms with E-state index in [1.807, 2.05) is 47.0 Å². The molecule has 0 spiro atoms. The van der Waals surface area contributed by atoms with Crippen LogP contribution in [0.1, 0.15) is 0 Å². The predicted octanol–water partition coefficient (Wildman–Crippen LogP) is 10.3. The Morgan fingerprint density at radius 2 is 0.471 bits per heavy atom. The third-order valence-corrected chi connectivity index (χ3v) is 9.79. The molecular weight excluding hydrogens is 489 g/mol. The summed E-state index contributed by atoms with van der Waals surface area (Å²) in [5.41, 5.74) is 0. The van der Waals surface area contributed by atoms with Crippen LogP contribution in [0.15, 0.2) is 173 Å². The van der Waals surface area contributed by atoms with Crippen molar-refractivity contribution in [3.05, 3.63) is 133 Å². The molecule has 5 aromatic carbocycles. The number of rotatable bonds is 8. The Morgan fingerprint density at radius 3 is 0.765 bits per heavy atom. The molecular formula is C30H22S4. The van der Waals surface area contributed by atoms with Gasteiger partial charge in [-0.2, -0.15) is 0 Å². The van der Waals surface area contributed by atoms with E-state index in [9.17, 15) is 0 Å². The maximum Gasteiger partial charge on any atom is 0.0262 e. The third-order valence-electron chi connectivity index (χ3n) is 4.93. The van der Waals surface area contributed by atoms with Crippen LogP contribution in [-0.4, -0.2) is 0 Å². The van der Waals surface area contributed by atoms with Crippen LogP contribution in [-0.2, 0) is 0 Å². The van der Waals surface area contributed by atoms with Crippen LogP contribution in [0.2, 0.25) is 0 Å². The lowest BCUT2D eigenvalue weighted by molar-refractivity contribution is 1.18. The molecule has 0 saturated carbocycles. The molecule has 0 radical (unpaired) electrons. The lowest BCUT2D eigenvalue weighted by Crippen LogP contribution is -1.84. The van der Waals surface area contributed by atoms with E-state index in [0.29, 0.717) is 0 Å². The maximum absolute atomic E-state index is 2.23. The zero-order chi connectivity index (χ0) is 23.0. The summed E-state index contributed by atoms with van der Waals surface area (Å²) in [4.78, 5) is 10.2. The maximum atomic E-state index is 2.23. The molecule has 0 aliphatic carbocycles. The van der Waals surface area contributed by atoms with Crippen molar-refractivity contribution < 1.29 is 0 Å². The van der Waals surface area contributed by atoms with Gasteiger partial charge in [-0.15, -0.1) is 0 Å². The van der Waals surface area contributed by atoms with Crippen LogP contribution in [0.25, 0.3) is 0 Å². The number of hydrogen-bond donors (Lipinski definition) is 0. The van der Waals surface area contributed by atoms with E-state index in [1.165, 1.54) is 39.2 Å². The van der Waals surface area contributed by atoms with E-state index in [4.69, 9.17) is 0 Å². The van der Waals surface area contributed by atoms with Gasteiger partial charge in [0.25, 0.3) is 0 Å². The summed E-state index contributed by atoms with van der Waals surface area (Å²) >= 11 is 7.31. The normalized spacial score (nSPS) is 10.8. The van der Waals surface area contributed by atoms with E-state index in [0.717, 1.165) is 0 Å². The van der Waals surface area contributed by atoms with Gasteiger partial charge in [-0.3, -0.25) is 0 Å². The second kappa shape index (κ2) is 11.8. The molecule has 0 unspecified atom stereocenters. The first-order valence-electron chi connectivity index (χ1n) is 10.9. The lowest BCUT2D eigenvalue weighted by atomic mass is 10.3. The molecule has 34 heavy (non-hydrogen) atoms. The number of hydrogen-bond acceptors (Lipinski definition) is 4. The van der Waals surface area contributed by atoms with Crippen molar-refractivity contribution in [3.8, 4) is 0 Å². The Bertz CT molecular complexity index is 1240. The number of benzene rings is 5. The minimum absolute atomic E-state index is 1.25. The van der Waals surface area contributed by atoms with E-state index in [1.54, 1.807) is 0 Å². The monoisotopic (exact) mass is 510 g/mol. The summed E-state index contributed by atoms with van der Waals surface area (Å²) < 4.78 is 0. The Kier molecular flexibility index (Phi) is 8.05. The van der Waals surface area contributed by atoms with Crippen molar-refractivity contribution in [2.24, 2.45) is 0 Å². The molecule has 0 fully saturated rings. The highest BCUT2D eigenvalue weighted by Gasteiger charge is 2.12. The molecule has 5 rings (SSSR count). The summed E-state index contributed by atoms with van der Waals surface area (Å²) in [5.74, 6) is 0. The minimum Gasteiger partial charge on any atom is -0.0889 e. The Labute approximate surface area is 218 Å². The first-order valence-corrected chi connectivity index (χ1v) is 14.2. The van der Waals surface area contributed by atoms with Crippen LogP contribution >= 0.6 is 47.0 Å². The van der Waals surface area contributed by atoms with Gasteiger partial charge in [-0.25, -0.2) is 0 Å². The molecule has 0 aromatic heterocycles. The third kappa shape index (κ3) is 6.13. The van der Waals surface area contributed by atoms with Gasteiger partial charge in [0.2, 0.25) is 0 Å². The summed E-state index contributed by atoms with van der Waals surface area (Å²) in [5, 5.41) is 0. The SMILES string of the molecule is c1ccc(Sc2ccccc2Sc2ccccc2Sc2ccccc2Sc2ccccc2)cc1. The zero-order valence-corrected chi connectivity index (χ0v) is 21.6. The average Bonchev–Trinajstić information content (AvgIpc) is 2.89. The molecule has 0 aliphatic heterocycles. The van der Waals surface area contributed by atoms with Gasteiger partial charge in [0.15, 0.2) is 0 Å². The van der Waals surface area contributed by atoms with Crippen molar-refractivity contribution in [2.75, 3.05) is 0 Å². The summed E-state index contributed by atoms with van der Waals surface area (Å²) in [6.07, 6.45) is 0. The second-order valence-electron chi connectivity index (χ2n) is 7.37. The van der Waals surface area contributed by atoms with Gasteiger partial charge in [-0.05, 0) is 60.7 Å². The van der Waals surface area contributed by atoms with Crippen LogP contribution in [0.3, 0.4) is 0 Å². The van der Waals surface area contributed by atoms with Crippen LogP contribution in [0.4, 0.5) is 0 Å². The molecule has 0 heterocycles. The van der Waals surface area contributed by atoms with Crippen molar-refractivity contribution in [3.63, 3.8) is 0 Å². The van der Waals surface area contributed by atoms with Gasteiger partial charge in [0.05, 0.1) is 0 Å². The fourth-order valence-electron chi connectivity index (χ4n) is 3.32. The molecule has 5 aromatic rings. The fraction of sp³-hybridized carbons (Fsp3) is 0. The van der Waals surface area contributed by atoms with Crippen molar-refractivity contribution in [1.82, 2.24) is 0 Å². The second-order valence-corrected chi connectivity index (χ2v) is 11.8. The lowest BCUT2D eigenvalue weighted by Gasteiger charge is -2.13. The van der Waals surface area contributed by atoms with E-state index < -0.39 is 0 Å². The molecule has 0 saturated heterocycles. The highest BCUT2D eigenvalue weighted by Crippen LogP contribution is 2.45. The average molecular weight is 511 g/mol. The van der Waals surface area contributed by atoms with E-state index in [-0.39, 0.29) is 0 Å². The predicted molar refractivity (Wildman–Crippen MR) is 149 cm³/mol. The van der Waals surface area contributed by atoms with Crippen LogP contribution < -0.4 is 0 Å². The minimum atomic E-state index is 1.25. The molecule has 0 atom stereocenters. The molecule has 0 N–H and O–H groups in total. The molecule has 166 valence electrons. The highest BCUT2D eigenvalue weighted by atomic mass is 32.2. The molecule has 0 bridgehead atoms. The quantitative estimate of drug-likeness (QED) is 0.203. The summed E-state index contributed by atoms with van der Waals surface area (Å²) in [6, 6.07) is 47.2. The highest BCUT2D eigenvalue weighted by molar-refractivity contribution is 8.04. The van der Waals surface area contributed by atoms with Gasteiger partial charge in [0, 0.05) is 39.2 Å². The summed E-state index contributed by atoms with van der Waals surface area (Å²) in [7, 11) is 0. The first-order chi connectivity index (χ1) is 16.8. The fourth-order valence-corrected chi connectivity index (χ4v) is 7.53. The molecule has 0 nitrogen and oxygen atoms in total. The topological polar surface area (TPSA) is 0 Å². The smallest absolute Gasteiger partial charge is 0.0262 e. The Morgan fingerprint density at radius 1 is 0.235 bits per heavy atom. The van der Waals surface area contributed by atoms with E-state index >= 15 is 0 Å². The molecule has 4 heteroatoms. The standard InChI is InChI=1S/C30H22S4/c1-3-13-23(14-4-1)31-25-17-7-9-19-27(25)33-29-21-11-12-22-30(29)34-28-20-10-8-18-26(28)32-24-15-5-2-6-16-24/h1-22H. The van der Waals surface area contributed by atoms with Crippen LogP contribution in [0.5, 0.6) is 0 Å². The molecule has 0 aliphatic rings. The Balaban J connectivity index is 1.40. The van der Waals surface area contributed by atoms with Crippen LogP contribution in [0, 0.1) is 0 Å². The largest absolute Gasteiger partial charge is 0.0889 e. The first kappa shape index (κ1) is 23.3. The van der Waals surface area contributed by atoms with Gasteiger partial charge < -0.3 is 0 Å². The molecule has 0 amide bonds. The van der Waals surface area contributed by atoms with Gasteiger partial charge in [-0.1, -0.05) is 120 Å².